The lowest BCUT2D eigenvalue weighted by atomic mass is 10.2. The van der Waals surface area contributed by atoms with Crippen molar-refractivity contribution in [1.82, 2.24) is 14.4 Å². The van der Waals surface area contributed by atoms with E-state index in [0.29, 0.717) is 29.4 Å². The summed E-state index contributed by atoms with van der Waals surface area (Å²) in [6.07, 6.45) is 3.22. The first-order chi connectivity index (χ1) is 11.1. The van der Waals surface area contributed by atoms with Crippen molar-refractivity contribution < 1.29 is 0 Å². The van der Waals surface area contributed by atoms with Gasteiger partial charge in [-0.25, -0.2) is 9.97 Å². The molecule has 3 aromatic rings. The van der Waals surface area contributed by atoms with Crippen molar-refractivity contribution in [2.24, 2.45) is 5.92 Å². The highest BCUT2D eigenvalue weighted by Crippen LogP contribution is 2.23. The molecule has 3 N–H and O–H groups in total. The van der Waals surface area contributed by atoms with E-state index in [1.165, 1.54) is 6.21 Å². The summed E-state index contributed by atoms with van der Waals surface area (Å²) in [4.78, 5) is 9.16. The Balaban J connectivity index is 2.24. The van der Waals surface area contributed by atoms with Crippen LogP contribution in [0.1, 0.15) is 26.0 Å². The van der Waals surface area contributed by atoms with Crippen molar-refractivity contribution in [2.75, 3.05) is 11.9 Å². The number of anilines is 1. The first kappa shape index (κ1) is 15.1. The summed E-state index contributed by atoms with van der Waals surface area (Å²) in [5.74, 6) is 1.22. The molecule has 0 aliphatic heterocycles. The Hall–Kier alpha value is -2.76. The summed E-state index contributed by atoms with van der Waals surface area (Å²) in [6.45, 7) is 5.09. The summed E-state index contributed by atoms with van der Waals surface area (Å²) < 4.78 is 1.96. The molecule has 2 aromatic heterocycles. The van der Waals surface area contributed by atoms with Crippen molar-refractivity contribution in [1.29, 1.82) is 10.8 Å². The number of aromatic nitrogens is 3. The van der Waals surface area contributed by atoms with Gasteiger partial charge in [0.25, 0.3) is 0 Å². The molecule has 0 radical (unpaired) electrons. The first-order valence-electron chi connectivity index (χ1n) is 7.68. The van der Waals surface area contributed by atoms with Crippen LogP contribution in [0.3, 0.4) is 0 Å². The lowest BCUT2D eigenvalue weighted by Gasteiger charge is -2.12. The Morgan fingerprint density at radius 2 is 2.13 bits per heavy atom. The fraction of sp³-hybridized carbons (Fsp3) is 0.294. The Kier molecular flexibility index (Phi) is 4.06. The zero-order valence-corrected chi connectivity index (χ0v) is 13.3. The molecule has 23 heavy (non-hydrogen) atoms. The van der Waals surface area contributed by atoms with Crippen LogP contribution in [0, 0.1) is 16.7 Å². The Labute approximate surface area is 134 Å². The van der Waals surface area contributed by atoms with E-state index in [2.05, 4.69) is 29.1 Å². The fourth-order valence-corrected chi connectivity index (χ4v) is 2.52. The molecule has 0 saturated carbocycles. The summed E-state index contributed by atoms with van der Waals surface area (Å²) >= 11 is 0. The maximum Gasteiger partial charge on any atom is 0.181 e. The van der Waals surface area contributed by atoms with Crippen LogP contribution in [0.2, 0.25) is 0 Å². The third kappa shape index (κ3) is 2.79. The molecule has 118 valence electrons. The molecule has 0 aliphatic carbocycles. The minimum atomic E-state index is 0.291. The number of fused-ring (bicyclic) bond motifs is 3. The second-order valence-electron chi connectivity index (χ2n) is 5.91. The number of para-hydroxylation sites is 2. The van der Waals surface area contributed by atoms with Crippen LogP contribution < -0.4 is 5.32 Å². The topological polar surface area (TPSA) is 89.9 Å². The molecule has 2 heterocycles. The standard InChI is InChI=1S/C17H20N6/c1-11(2)9-20-16-17-21-10-15(12(19)7-8-18)23(17)14-6-4-3-5-13(14)22-16/h3-6,8,10-11,18-19H,7,9H2,1-2H3,(H,20,22). The Bertz CT molecular complexity index is 877. The molecule has 3 rings (SSSR count). The van der Waals surface area contributed by atoms with Crippen LogP contribution in [-0.2, 0) is 0 Å². The second-order valence-corrected chi connectivity index (χ2v) is 5.91. The van der Waals surface area contributed by atoms with E-state index in [1.807, 2.05) is 28.7 Å². The van der Waals surface area contributed by atoms with Gasteiger partial charge in [0.1, 0.15) is 0 Å². The molecule has 0 saturated heterocycles. The molecule has 0 unspecified atom stereocenters. The highest BCUT2D eigenvalue weighted by Gasteiger charge is 2.15. The van der Waals surface area contributed by atoms with Crippen molar-refractivity contribution >= 4 is 34.4 Å². The van der Waals surface area contributed by atoms with E-state index in [9.17, 15) is 0 Å². The first-order valence-corrected chi connectivity index (χ1v) is 7.68. The van der Waals surface area contributed by atoms with Crippen molar-refractivity contribution in [3.05, 3.63) is 36.2 Å². The molecule has 6 heteroatoms. The number of imidazole rings is 1. The van der Waals surface area contributed by atoms with Gasteiger partial charge in [0.05, 0.1) is 28.6 Å². The van der Waals surface area contributed by atoms with Gasteiger partial charge in [-0.2, -0.15) is 0 Å². The Morgan fingerprint density at radius 1 is 1.35 bits per heavy atom. The van der Waals surface area contributed by atoms with Gasteiger partial charge >= 0.3 is 0 Å². The van der Waals surface area contributed by atoms with E-state index in [-0.39, 0.29) is 0 Å². The van der Waals surface area contributed by atoms with Gasteiger partial charge in [-0.3, -0.25) is 4.40 Å². The van der Waals surface area contributed by atoms with Crippen molar-refractivity contribution in [3.8, 4) is 0 Å². The fourth-order valence-electron chi connectivity index (χ4n) is 2.52. The predicted molar refractivity (Wildman–Crippen MR) is 94.1 cm³/mol. The molecule has 0 amide bonds. The minimum absolute atomic E-state index is 0.291. The zero-order valence-electron chi connectivity index (χ0n) is 13.3. The van der Waals surface area contributed by atoms with Crippen LogP contribution >= 0.6 is 0 Å². The summed E-state index contributed by atoms with van der Waals surface area (Å²) in [5, 5.41) is 18.8. The van der Waals surface area contributed by atoms with Crippen LogP contribution in [0.4, 0.5) is 5.82 Å². The number of hydrogen-bond donors (Lipinski definition) is 3. The van der Waals surface area contributed by atoms with E-state index < -0.39 is 0 Å². The van der Waals surface area contributed by atoms with Gasteiger partial charge in [0.15, 0.2) is 11.5 Å². The van der Waals surface area contributed by atoms with Gasteiger partial charge in [-0.15, -0.1) is 0 Å². The zero-order chi connectivity index (χ0) is 16.4. The van der Waals surface area contributed by atoms with Crippen molar-refractivity contribution in [2.45, 2.75) is 20.3 Å². The third-order valence-electron chi connectivity index (χ3n) is 3.62. The van der Waals surface area contributed by atoms with Crippen LogP contribution in [0.5, 0.6) is 0 Å². The quantitative estimate of drug-likeness (QED) is 0.610. The maximum atomic E-state index is 8.19. The van der Waals surface area contributed by atoms with E-state index in [1.54, 1.807) is 6.20 Å². The highest BCUT2D eigenvalue weighted by atomic mass is 15.1. The van der Waals surface area contributed by atoms with Crippen LogP contribution in [0.25, 0.3) is 16.7 Å². The second kappa shape index (κ2) is 6.16. The van der Waals surface area contributed by atoms with E-state index >= 15 is 0 Å². The van der Waals surface area contributed by atoms with Gasteiger partial charge < -0.3 is 16.1 Å². The van der Waals surface area contributed by atoms with Gasteiger partial charge in [-0.05, 0) is 18.1 Å². The average Bonchev–Trinajstić information content (AvgIpc) is 2.98. The monoisotopic (exact) mass is 308 g/mol. The smallest absolute Gasteiger partial charge is 0.181 e. The summed E-state index contributed by atoms with van der Waals surface area (Å²) in [7, 11) is 0. The number of nitrogens with zero attached hydrogens (tertiary/aromatic N) is 3. The summed E-state index contributed by atoms with van der Waals surface area (Å²) in [6, 6.07) is 7.84. The molecule has 0 atom stereocenters. The predicted octanol–water partition coefficient (Wildman–Crippen LogP) is 3.36. The van der Waals surface area contributed by atoms with Gasteiger partial charge in [0, 0.05) is 19.2 Å². The normalized spacial score (nSPS) is 11.3. The van der Waals surface area contributed by atoms with Crippen molar-refractivity contribution in [3.63, 3.8) is 0 Å². The van der Waals surface area contributed by atoms with Gasteiger partial charge in [-0.1, -0.05) is 26.0 Å². The van der Waals surface area contributed by atoms with E-state index in [0.717, 1.165) is 23.4 Å². The maximum absolute atomic E-state index is 8.19. The summed E-state index contributed by atoms with van der Waals surface area (Å²) in [5.41, 5.74) is 3.57. The average molecular weight is 308 g/mol. The minimum Gasteiger partial charge on any atom is -0.367 e. The highest BCUT2D eigenvalue weighted by molar-refractivity contribution is 6.05. The number of benzene rings is 1. The van der Waals surface area contributed by atoms with Crippen LogP contribution in [0.15, 0.2) is 30.5 Å². The molecule has 1 aromatic carbocycles. The molecule has 0 bridgehead atoms. The molecule has 6 nitrogen and oxygen atoms in total. The number of rotatable bonds is 6. The molecule has 0 spiro atoms. The SMILES string of the molecule is CC(C)CNc1nc2ccccc2n2c(C(=N)CC=N)cnc12. The lowest BCUT2D eigenvalue weighted by molar-refractivity contribution is 0.687. The lowest BCUT2D eigenvalue weighted by Crippen LogP contribution is -2.12. The van der Waals surface area contributed by atoms with Crippen LogP contribution in [-0.4, -0.2) is 32.8 Å². The van der Waals surface area contributed by atoms with E-state index in [4.69, 9.17) is 10.8 Å². The molecule has 0 fully saturated rings. The largest absolute Gasteiger partial charge is 0.367 e. The third-order valence-corrected chi connectivity index (χ3v) is 3.62. The Morgan fingerprint density at radius 3 is 2.87 bits per heavy atom. The number of nitrogens with one attached hydrogen (secondary N) is 3. The van der Waals surface area contributed by atoms with Gasteiger partial charge in [0.2, 0.25) is 0 Å². The molecular formula is C17H20N6. The number of hydrogen-bond acceptors (Lipinski definition) is 5. The molecular weight excluding hydrogens is 288 g/mol. The molecule has 0 aliphatic rings.